The lowest BCUT2D eigenvalue weighted by atomic mass is 9.89. The molecule has 0 saturated carbocycles. The van der Waals surface area contributed by atoms with Crippen LogP contribution in [-0.2, 0) is 0 Å². The number of ether oxygens (including phenoxy) is 5. The molecule has 2 aromatic rings. The van der Waals surface area contributed by atoms with Gasteiger partial charge in [-0.15, -0.1) is 0 Å². The van der Waals surface area contributed by atoms with E-state index in [1.807, 2.05) is 30.3 Å². The van der Waals surface area contributed by atoms with Crippen molar-refractivity contribution in [2.75, 3.05) is 27.9 Å². The van der Waals surface area contributed by atoms with Crippen LogP contribution in [0.15, 0.2) is 30.3 Å². The number of benzene rings is 2. The normalized spacial score (nSPS) is 20.5. The zero-order valence-electron chi connectivity index (χ0n) is 13.3. The van der Waals surface area contributed by atoms with E-state index in [1.54, 1.807) is 21.3 Å². The van der Waals surface area contributed by atoms with Gasteiger partial charge in [0, 0.05) is 17.2 Å². The molecule has 2 aliphatic heterocycles. The smallest absolute Gasteiger partial charge is 0.203 e. The van der Waals surface area contributed by atoms with Crippen molar-refractivity contribution in [2.24, 2.45) is 0 Å². The number of hydrogen-bond acceptors (Lipinski definition) is 5. The maximum atomic E-state index is 6.20. The van der Waals surface area contributed by atoms with Crippen molar-refractivity contribution in [2.45, 2.75) is 12.0 Å². The Morgan fingerprint density at radius 1 is 0.957 bits per heavy atom. The van der Waals surface area contributed by atoms with Gasteiger partial charge in [0.25, 0.3) is 0 Å². The molecular formula is C18H18O5. The standard InChI is InChI=1S/C18H18O5/c1-19-10-4-5-11-13-9-22-17-12(16(13)23-15(11)8-10)6-7-14(20-2)18(17)21-3/h4-8,13,16H,9H2,1-3H3/t13-,16-/m0/s1. The Balaban J connectivity index is 1.78. The first-order valence-corrected chi connectivity index (χ1v) is 7.49. The molecule has 0 amide bonds. The highest BCUT2D eigenvalue weighted by molar-refractivity contribution is 5.60. The van der Waals surface area contributed by atoms with Crippen LogP contribution in [0, 0.1) is 0 Å². The monoisotopic (exact) mass is 314 g/mol. The van der Waals surface area contributed by atoms with Gasteiger partial charge < -0.3 is 23.7 Å². The Hall–Kier alpha value is -2.56. The topological polar surface area (TPSA) is 46.2 Å². The third-order valence-corrected chi connectivity index (χ3v) is 4.48. The first-order chi connectivity index (χ1) is 11.3. The van der Waals surface area contributed by atoms with Crippen LogP contribution >= 0.6 is 0 Å². The number of fused-ring (bicyclic) bond motifs is 5. The Bertz CT molecular complexity index is 755. The summed E-state index contributed by atoms with van der Waals surface area (Å²) in [6, 6.07) is 9.80. The van der Waals surface area contributed by atoms with Crippen LogP contribution in [0.25, 0.3) is 0 Å². The molecule has 0 saturated heterocycles. The predicted molar refractivity (Wildman–Crippen MR) is 84.1 cm³/mol. The molecule has 0 unspecified atom stereocenters. The highest BCUT2D eigenvalue weighted by Gasteiger charge is 2.42. The van der Waals surface area contributed by atoms with E-state index in [9.17, 15) is 0 Å². The summed E-state index contributed by atoms with van der Waals surface area (Å²) in [5.74, 6) is 3.78. The third kappa shape index (κ3) is 2.00. The van der Waals surface area contributed by atoms with E-state index in [2.05, 4.69) is 0 Å². The Morgan fingerprint density at radius 2 is 1.78 bits per heavy atom. The van der Waals surface area contributed by atoms with Crippen LogP contribution in [0.3, 0.4) is 0 Å². The van der Waals surface area contributed by atoms with Gasteiger partial charge in [-0.25, -0.2) is 0 Å². The SMILES string of the molecule is COc1ccc2c(c1)O[C@H]1c3ccc(OC)c(OC)c3OC[C@@H]21. The van der Waals surface area contributed by atoms with Gasteiger partial charge in [0.2, 0.25) is 5.75 Å². The second-order valence-corrected chi connectivity index (χ2v) is 5.58. The second kappa shape index (κ2) is 5.26. The lowest BCUT2D eigenvalue weighted by molar-refractivity contribution is 0.135. The molecule has 2 aromatic carbocycles. The Labute approximate surface area is 134 Å². The van der Waals surface area contributed by atoms with Gasteiger partial charge in [0.1, 0.15) is 17.6 Å². The fraction of sp³-hybridized carbons (Fsp3) is 0.333. The molecule has 0 N–H and O–H groups in total. The summed E-state index contributed by atoms with van der Waals surface area (Å²) in [4.78, 5) is 0. The van der Waals surface area contributed by atoms with E-state index in [-0.39, 0.29) is 12.0 Å². The molecular weight excluding hydrogens is 296 g/mol. The van der Waals surface area contributed by atoms with Crippen LogP contribution in [0.1, 0.15) is 23.1 Å². The number of rotatable bonds is 3. The summed E-state index contributed by atoms with van der Waals surface area (Å²) >= 11 is 0. The first-order valence-electron chi connectivity index (χ1n) is 7.49. The summed E-state index contributed by atoms with van der Waals surface area (Å²) in [5.41, 5.74) is 2.13. The summed E-state index contributed by atoms with van der Waals surface area (Å²) in [5, 5.41) is 0. The van der Waals surface area contributed by atoms with Crippen LogP contribution in [0.4, 0.5) is 0 Å². The fourth-order valence-corrected chi connectivity index (χ4v) is 3.35. The summed E-state index contributed by atoms with van der Waals surface area (Å²) in [6.45, 7) is 0.542. The maximum Gasteiger partial charge on any atom is 0.203 e. The number of hydrogen-bond donors (Lipinski definition) is 0. The van der Waals surface area contributed by atoms with Crippen molar-refractivity contribution in [3.05, 3.63) is 41.5 Å². The Kier molecular flexibility index (Phi) is 3.22. The molecule has 2 heterocycles. The molecule has 120 valence electrons. The van der Waals surface area contributed by atoms with E-state index >= 15 is 0 Å². The van der Waals surface area contributed by atoms with E-state index in [4.69, 9.17) is 23.7 Å². The van der Waals surface area contributed by atoms with Gasteiger partial charge in [-0.3, -0.25) is 0 Å². The molecule has 2 atom stereocenters. The van der Waals surface area contributed by atoms with Gasteiger partial charge >= 0.3 is 0 Å². The highest BCUT2D eigenvalue weighted by atomic mass is 16.5. The average Bonchev–Trinajstić information content (AvgIpc) is 2.98. The molecule has 23 heavy (non-hydrogen) atoms. The minimum absolute atomic E-state index is 0.0827. The number of methoxy groups -OCH3 is 3. The van der Waals surface area contributed by atoms with Crippen molar-refractivity contribution >= 4 is 0 Å². The van der Waals surface area contributed by atoms with Gasteiger partial charge in [-0.05, 0) is 18.2 Å². The molecule has 0 aliphatic carbocycles. The Morgan fingerprint density at radius 3 is 2.52 bits per heavy atom. The van der Waals surface area contributed by atoms with Crippen LogP contribution in [0.2, 0.25) is 0 Å². The molecule has 5 nitrogen and oxygen atoms in total. The van der Waals surface area contributed by atoms with E-state index in [0.29, 0.717) is 23.9 Å². The van der Waals surface area contributed by atoms with Crippen molar-refractivity contribution in [1.29, 1.82) is 0 Å². The quantitative estimate of drug-likeness (QED) is 0.869. The van der Waals surface area contributed by atoms with Crippen LogP contribution in [-0.4, -0.2) is 27.9 Å². The lowest BCUT2D eigenvalue weighted by Gasteiger charge is -2.29. The van der Waals surface area contributed by atoms with E-state index in [1.165, 1.54) is 0 Å². The van der Waals surface area contributed by atoms with E-state index in [0.717, 1.165) is 22.6 Å². The van der Waals surface area contributed by atoms with Gasteiger partial charge in [0.05, 0.1) is 33.9 Å². The summed E-state index contributed by atoms with van der Waals surface area (Å²) in [7, 11) is 4.88. The van der Waals surface area contributed by atoms with Crippen molar-refractivity contribution in [1.82, 2.24) is 0 Å². The minimum Gasteiger partial charge on any atom is -0.497 e. The molecule has 0 radical (unpaired) electrons. The molecule has 2 aliphatic rings. The third-order valence-electron chi connectivity index (χ3n) is 4.48. The molecule has 0 bridgehead atoms. The van der Waals surface area contributed by atoms with Gasteiger partial charge in [0.15, 0.2) is 11.5 Å². The molecule has 4 rings (SSSR count). The minimum atomic E-state index is -0.0827. The molecule has 0 fully saturated rings. The summed E-state index contributed by atoms with van der Waals surface area (Å²) in [6.07, 6.45) is -0.0827. The van der Waals surface area contributed by atoms with Gasteiger partial charge in [-0.1, -0.05) is 6.07 Å². The molecule has 5 heteroatoms. The van der Waals surface area contributed by atoms with Gasteiger partial charge in [-0.2, -0.15) is 0 Å². The second-order valence-electron chi connectivity index (χ2n) is 5.58. The zero-order valence-corrected chi connectivity index (χ0v) is 13.3. The van der Waals surface area contributed by atoms with Crippen molar-refractivity contribution < 1.29 is 23.7 Å². The maximum absolute atomic E-state index is 6.20. The van der Waals surface area contributed by atoms with Crippen molar-refractivity contribution in [3.63, 3.8) is 0 Å². The van der Waals surface area contributed by atoms with E-state index < -0.39 is 0 Å². The molecule has 0 spiro atoms. The average molecular weight is 314 g/mol. The highest BCUT2D eigenvalue weighted by Crippen LogP contribution is 2.55. The first kappa shape index (κ1) is 14.1. The summed E-state index contributed by atoms with van der Waals surface area (Å²) < 4.78 is 28.3. The van der Waals surface area contributed by atoms with Crippen molar-refractivity contribution in [3.8, 4) is 28.7 Å². The predicted octanol–water partition coefficient (Wildman–Crippen LogP) is 3.32. The van der Waals surface area contributed by atoms with Crippen LogP contribution < -0.4 is 23.7 Å². The van der Waals surface area contributed by atoms with Crippen LogP contribution in [0.5, 0.6) is 28.7 Å². The zero-order chi connectivity index (χ0) is 16.0. The molecule has 0 aromatic heterocycles. The fourth-order valence-electron chi connectivity index (χ4n) is 3.35. The largest absolute Gasteiger partial charge is 0.497 e. The lowest BCUT2D eigenvalue weighted by Crippen LogP contribution is -2.23.